The molecule has 0 bridgehead atoms. The number of carbonyl (C=O) groups excluding carboxylic acids is 1. The van der Waals surface area contributed by atoms with E-state index in [1.54, 1.807) is 17.0 Å². The van der Waals surface area contributed by atoms with Crippen LogP contribution in [0.25, 0.3) is 0 Å². The fraction of sp³-hybridized carbons (Fsp3) is 0.533. The molecule has 0 spiro atoms. The van der Waals surface area contributed by atoms with Gasteiger partial charge in [-0.05, 0) is 37.3 Å². The minimum Gasteiger partial charge on any atom is -0.477 e. The summed E-state index contributed by atoms with van der Waals surface area (Å²) in [5.74, 6) is -0.586. The summed E-state index contributed by atoms with van der Waals surface area (Å²) in [6, 6.07) is 4.54. The minimum absolute atomic E-state index is 0.0860. The Morgan fingerprint density at radius 2 is 2.05 bits per heavy atom. The first kappa shape index (κ1) is 14.5. The second kappa shape index (κ2) is 6.50. The second-order valence-corrected chi connectivity index (χ2v) is 5.21. The van der Waals surface area contributed by atoms with Crippen LogP contribution in [0.2, 0.25) is 0 Å². The van der Waals surface area contributed by atoms with E-state index in [4.69, 9.17) is 5.11 Å². The van der Waals surface area contributed by atoms with Crippen LogP contribution in [0.5, 0.6) is 0 Å². The Bertz CT molecular complexity index is 502. The van der Waals surface area contributed by atoms with E-state index in [2.05, 4.69) is 11.9 Å². The van der Waals surface area contributed by atoms with Crippen LogP contribution in [0.3, 0.4) is 0 Å². The lowest BCUT2D eigenvalue weighted by atomic mass is 9.98. The lowest BCUT2D eigenvalue weighted by Crippen LogP contribution is -2.32. The van der Waals surface area contributed by atoms with Crippen LogP contribution in [-0.4, -0.2) is 40.0 Å². The van der Waals surface area contributed by atoms with Gasteiger partial charge in [-0.3, -0.25) is 4.79 Å². The molecule has 5 nitrogen and oxygen atoms in total. The van der Waals surface area contributed by atoms with E-state index in [9.17, 15) is 9.59 Å². The maximum atomic E-state index is 12.4. The zero-order valence-electron chi connectivity index (χ0n) is 11.7. The lowest BCUT2D eigenvalue weighted by Gasteiger charge is -2.20. The van der Waals surface area contributed by atoms with E-state index < -0.39 is 5.97 Å². The zero-order chi connectivity index (χ0) is 14.5. The summed E-state index contributed by atoms with van der Waals surface area (Å²) in [7, 11) is 0. The van der Waals surface area contributed by atoms with Crippen molar-refractivity contribution < 1.29 is 14.7 Å². The molecule has 1 aliphatic heterocycles. The number of carboxylic acids is 1. The average molecular weight is 276 g/mol. The second-order valence-electron chi connectivity index (χ2n) is 5.21. The van der Waals surface area contributed by atoms with Crippen molar-refractivity contribution in [3.63, 3.8) is 0 Å². The van der Waals surface area contributed by atoms with Gasteiger partial charge in [-0.25, -0.2) is 9.78 Å². The standard InChI is InChI=1S/C15H20N2O3/c1-2-11-5-4-9-17(10-8-11)14(18)12-6-3-7-13(16-12)15(19)20/h3,6-7,11H,2,4-5,8-10H2,1H3,(H,19,20). The predicted molar refractivity (Wildman–Crippen MR) is 74.7 cm³/mol. The van der Waals surface area contributed by atoms with Gasteiger partial charge in [-0.2, -0.15) is 0 Å². The summed E-state index contributed by atoms with van der Waals surface area (Å²) in [6.45, 7) is 3.64. The number of rotatable bonds is 3. The summed E-state index contributed by atoms with van der Waals surface area (Å²) in [5, 5.41) is 8.93. The van der Waals surface area contributed by atoms with Gasteiger partial charge in [0.1, 0.15) is 11.4 Å². The fourth-order valence-electron chi connectivity index (χ4n) is 2.61. The first-order valence-electron chi connectivity index (χ1n) is 7.11. The van der Waals surface area contributed by atoms with Crippen molar-refractivity contribution >= 4 is 11.9 Å². The van der Waals surface area contributed by atoms with Crippen LogP contribution in [0.1, 0.15) is 53.6 Å². The largest absolute Gasteiger partial charge is 0.477 e. The molecule has 20 heavy (non-hydrogen) atoms. The van der Waals surface area contributed by atoms with E-state index in [1.165, 1.54) is 6.07 Å². The van der Waals surface area contributed by atoms with Gasteiger partial charge >= 0.3 is 5.97 Å². The van der Waals surface area contributed by atoms with Crippen molar-refractivity contribution in [2.45, 2.75) is 32.6 Å². The highest BCUT2D eigenvalue weighted by atomic mass is 16.4. The van der Waals surface area contributed by atoms with Crippen LogP contribution in [0.15, 0.2) is 18.2 Å². The molecule has 0 aromatic carbocycles. The zero-order valence-corrected chi connectivity index (χ0v) is 11.7. The minimum atomic E-state index is -1.11. The van der Waals surface area contributed by atoms with Gasteiger partial charge in [-0.15, -0.1) is 0 Å². The Labute approximate surface area is 118 Å². The van der Waals surface area contributed by atoms with E-state index in [1.807, 2.05) is 0 Å². The molecule has 1 fully saturated rings. The molecule has 1 aromatic heterocycles. The number of carbonyl (C=O) groups is 2. The highest BCUT2D eigenvalue weighted by molar-refractivity contribution is 5.94. The van der Waals surface area contributed by atoms with Gasteiger partial charge in [0.25, 0.3) is 5.91 Å². The maximum absolute atomic E-state index is 12.4. The van der Waals surface area contributed by atoms with Crippen LogP contribution >= 0.6 is 0 Å². The molecular weight excluding hydrogens is 256 g/mol. The Hall–Kier alpha value is -1.91. The molecule has 1 saturated heterocycles. The number of nitrogens with zero attached hydrogens (tertiary/aromatic N) is 2. The topological polar surface area (TPSA) is 70.5 Å². The predicted octanol–water partition coefficient (Wildman–Crippen LogP) is 2.43. The van der Waals surface area contributed by atoms with Crippen LogP contribution < -0.4 is 0 Å². The molecule has 1 amide bonds. The normalized spacial score (nSPS) is 19.4. The van der Waals surface area contributed by atoms with E-state index >= 15 is 0 Å². The van der Waals surface area contributed by atoms with E-state index in [0.29, 0.717) is 5.92 Å². The van der Waals surface area contributed by atoms with Crippen molar-refractivity contribution in [2.75, 3.05) is 13.1 Å². The molecule has 1 unspecified atom stereocenters. The number of aromatic nitrogens is 1. The first-order valence-corrected chi connectivity index (χ1v) is 7.11. The third-order valence-electron chi connectivity index (χ3n) is 3.90. The molecule has 0 saturated carbocycles. The van der Waals surface area contributed by atoms with Crippen molar-refractivity contribution in [3.05, 3.63) is 29.6 Å². The quantitative estimate of drug-likeness (QED) is 0.920. The number of hydrogen-bond donors (Lipinski definition) is 1. The molecule has 1 aliphatic rings. The Balaban J connectivity index is 2.10. The van der Waals surface area contributed by atoms with Gasteiger partial charge in [-0.1, -0.05) is 19.4 Å². The van der Waals surface area contributed by atoms with Gasteiger partial charge in [0.05, 0.1) is 0 Å². The SMILES string of the molecule is CCC1CCCN(C(=O)c2cccc(C(=O)O)n2)CC1. The Morgan fingerprint density at radius 1 is 1.30 bits per heavy atom. The number of pyridine rings is 1. The van der Waals surface area contributed by atoms with Gasteiger partial charge in [0.15, 0.2) is 0 Å². The summed E-state index contributed by atoms with van der Waals surface area (Å²) in [5.41, 5.74) is 0.136. The third kappa shape index (κ3) is 3.35. The number of carboxylic acid groups (broad SMARTS) is 1. The molecule has 108 valence electrons. The highest BCUT2D eigenvalue weighted by Crippen LogP contribution is 2.21. The molecule has 2 rings (SSSR count). The van der Waals surface area contributed by atoms with E-state index in [0.717, 1.165) is 38.8 Å². The smallest absolute Gasteiger partial charge is 0.354 e. The average Bonchev–Trinajstić information content (AvgIpc) is 2.72. The molecule has 5 heteroatoms. The van der Waals surface area contributed by atoms with Gasteiger partial charge in [0, 0.05) is 13.1 Å². The molecule has 1 N–H and O–H groups in total. The van der Waals surface area contributed by atoms with Crippen molar-refractivity contribution in [2.24, 2.45) is 5.92 Å². The van der Waals surface area contributed by atoms with Gasteiger partial charge in [0.2, 0.25) is 0 Å². The number of amides is 1. The van der Waals surface area contributed by atoms with Gasteiger partial charge < -0.3 is 10.0 Å². The lowest BCUT2D eigenvalue weighted by molar-refractivity contribution is 0.0690. The molecule has 0 radical (unpaired) electrons. The molecule has 0 aliphatic carbocycles. The van der Waals surface area contributed by atoms with Crippen molar-refractivity contribution in [1.29, 1.82) is 0 Å². The van der Waals surface area contributed by atoms with Crippen LogP contribution in [0.4, 0.5) is 0 Å². The highest BCUT2D eigenvalue weighted by Gasteiger charge is 2.22. The van der Waals surface area contributed by atoms with E-state index in [-0.39, 0.29) is 17.3 Å². The number of likely N-dealkylation sites (tertiary alicyclic amines) is 1. The third-order valence-corrected chi connectivity index (χ3v) is 3.90. The van der Waals surface area contributed by atoms with Crippen molar-refractivity contribution in [1.82, 2.24) is 9.88 Å². The number of aromatic carboxylic acids is 1. The first-order chi connectivity index (χ1) is 9.61. The molecule has 1 atom stereocenters. The Morgan fingerprint density at radius 3 is 2.75 bits per heavy atom. The summed E-state index contributed by atoms with van der Waals surface area (Å²) in [4.78, 5) is 29.0. The monoisotopic (exact) mass is 276 g/mol. The molecular formula is C15H20N2O3. The summed E-state index contributed by atoms with van der Waals surface area (Å²) in [6.07, 6.45) is 4.32. The van der Waals surface area contributed by atoms with Crippen LogP contribution in [0, 0.1) is 5.92 Å². The summed E-state index contributed by atoms with van der Waals surface area (Å²) < 4.78 is 0. The maximum Gasteiger partial charge on any atom is 0.354 e. The number of hydrogen-bond acceptors (Lipinski definition) is 3. The Kier molecular flexibility index (Phi) is 4.71. The molecule has 1 aromatic rings. The van der Waals surface area contributed by atoms with Crippen molar-refractivity contribution in [3.8, 4) is 0 Å². The molecule has 2 heterocycles. The fourth-order valence-corrected chi connectivity index (χ4v) is 2.61. The van der Waals surface area contributed by atoms with Crippen LogP contribution in [-0.2, 0) is 0 Å². The summed E-state index contributed by atoms with van der Waals surface area (Å²) >= 11 is 0.